The maximum Gasteiger partial charge on any atom is 0.407 e. The fourth-order valence-electron chi connectivity index (χ4n) is 8.41. The van der Waals surface area contributed by atoms with Gasteiger partial charge in [0.05, 0.1) is 32.8 Å². The van der Waals surface area contributed by atoms with Crippen molar-refractivity contribution < 1.29 is 47.8 Å². The number of alkyl carbamates (subject to hydrolysis) is 2. The number of piperidine rings is 1. The van der Waals surface area contributed by atoms with Gasteiger partial charge in [-0.25, -0.2) is 9.59 Å². The van der Waals surface area contributed by atoms with Crippen LogP contribution >= 0.6 is 0 Å². The summed E-state index contributed by atoms with van der Waals surface area (Å²) in [6, 6.07) is 3.00. The van der Waals surface area contributed by atoms with Crippen LogP contribution in [0.15, 0.2) is 30.3 Å². The third-order valence-electron chi connectivity index (χ3n) is 11.6. The van der Waals surface area contributed by atoms with Gasteiger partial charge in [-0.05, 0) is 68.8 Å². The molecule has 17 heteroatoms. The Kier molecular flexibility index (Phi) is 16.9. The van der Waals surface area contributed by atoms with Gasteiger partial charge in [-0.2, -0.15) is 0 Å². The van der Waals surface area contributed by atoms with Crippen LogP contribution in [0.2, 0.25) is 0 Å². The molecular formula is C41H61N7O10. The second-order valence-electron chi connectivity index (χ2n) is 15.9. The predicted molar refractivity (Wildman–Crippen MR) is 212 cm³/mol. The Hall–Kier alpha value is -5.22. The monoisotopic (exact) mass is 811 g/mol. The van der Waals surface area contributed by atoms with Gasteiger partial charge < -0.3 is 46.3 Å². The topological polar surface area (TPSA) is 230 Å². The maximum atomic E-state index is 14.6. The molecule has 0 aromatic heterocycles. The lowest BCUT2D eigenvalue weighted by Crippen LogP contribution is -2.63. The molecule has 2 saturated carbocycles. The van der Waals surface area contributed by atoms with Crippen molar-refractivity contribution in [3.8, 4) is 0 Å². The minimum Gasteiger partial charge on any atom is -0.453 e. The molecule has 3 aliphatic rings. The van der Waals surface area contributed by atoms with Gasteiger partial charge in [-0.15, -0.1) is 0 Å². The second kappa shape index (κ2) is 21.5. The Morgan fingerprint density at radius 2 is 1.43 bits per heavy atom. The van der Waals surface area contributed by atoms with E-state index in [1.54, 1.807) is 25.7 Å². The zero-order chi connectivity index (χ0) is 42.5. The number of methoxy groups -OCH3 is 2. The van der Waals surface area contributed by atoms with Gasteiger partial charge in [0, 0.05) is 6.04 Å². The SMILES string of the molecule is CCCC(NC(=O)C1C2CCC(C2)N1C(=O)[C@@H](NC(=O)[C@@H](NC(=O)[C@H](CNC(=O)OC)NC(=O)OC)C1CCCCC1)C(C)C)C(=O)C(=O)N[C@@H](C)c1ccccc1. The van der Waals surface area contributed by atoms with Crippen LogP contribution in [0.5, 0.6) is 0 Å². The van der Waals surface area contributed by atoms with Crippen molar-refractivity contribution in [1.29, 1.82) is 0 Å². The van der Waals surface area contributed by atoms with Crippen molar-refractivity contribution in [2.45, 2.75) is 134 Å². The number of ketones is 1. The summed E-state index contributed by atoms with van der Waals surface area (Å²) in [5.41, 5.74) is 0.822. The summed E-state index contributed by atoms with van der Waals surface area (Å²) in [6.07, 6.45) is 4.81. The van der Waals surface area contributed by atoms with Crippen LogP contribution < -0.4 is 31.9 Å². The van der Waals surface area contributed by atoms with Crippen LogP contribution in [0.4, 0.5) is 9.59 Å². The number of hydrogen-bond donors (Lipinski definition) is 6. The van der Waals surface area contributed by atoms with E-state index in [4.69, 9.17) is 0 Å². The molecule has 0 radical (unpaired) electrons. The van der Waals surface area contributed by atoms with E-state index in [-0.39, 0.29) is 30.8 Å². The summed E-state index contributed by atoms with van der Waals surface area (Å²) in [7, 11) is 2.27. The first-order valence-electron chi connectivity index (χ1n) is 20.5. The predicted octanol–water partition coefficient (Wildman–Crippen LogP) is 2.38. The van der Waals surface area contributed by atoms with E-state index >= 15 is 0 Å². The van der Waals surface area contributed by atoms with Crippen LogP contribution in [0, 0.1) is 17.8 Å². The van der Waals surface area contributed by atoms with E-state index < -0.39 is 89.7 Å². The Morgan fingerprint density at radius 3 is 2.05 bits per heavy atom. The molecule has 1 heterocycles. The van der Waals surface area contributed by atoms with E-state index in [0.717, 1.165) is 39.0 Å². The van der Waals surface area contributed by atoms with Crippen LogP contribution in [-0.2, 0) is 38.2 Å². The molecule has 1 aromatic rings. The molecule has 58 heavy (non-hydrogen) atoms. The highest BCUT2D eigenvalue weighted by atomic mass is 16.5. The number of rotatable bonds is 18. The van der Waals surface area contributed by atoms with Crippen LogP contribution in [0.25, 0.3) is 0 Å². The lowest BCUT2D eigenvalue weighted by atomic mass is 9.83. The van der Waals surface area contributed by atoms with Gasteiger partial charge in [-0.3, -0.25) is 28.8 Å². The summed E-state index contributed by atoms with van der Waals surface area (Å²) in [5.74, 6) is -4.80. The van der Waals surface area contributed by atoms with Crippen molar-refractivity contribution in [1.82, 2.24) is 36.8 Å². The normalized spacial score (nSPS) is 21.4. The molecule has 1 aliphatic heterocycles. The highest BCUT2D eigenvalue weighted by Crippen LogP contribution is 2.43. The number of nitrogens with one attached hydrogen (secondary N) is 6. The first-order valence-corrected chi connectivity index (χ1v) is 20.5. The Morgan fingerprint density at radius 1 is 0.759 bits per heavy atom. The van der Waals surface area contributed by atoms with Crippen LogP contribution in [0.1, 0.15) is 104 Å². The average molecular weight is 812 g/mol. The van der Waals surface area contributed by atoms with E-state index in [2.05, 4.69) is 41.4 Å². The summed E-state index contributed by atoms with van der Waals surface area (Å²) < 4.78 is 9.25. The van der Waals surface area contributed by atoms with Gasteiger partial charge >= 0.3 is 12.2 Å². The van der Waals surface area contributed by atoms with Crippen molar-refractivity contribution in [3.63, 3.8) is 0 Å². The van der Waals surface area contributed by atoms with Crippen molar-refractivity contribution in [3.05, 3.63) is 35.9 Å². The second-order valence-corrected chi connectivity index (χ2v) is 15.9. The number of ether oxygens (including phenoxy) is 2. The third kappa shape index (κ3) is 11.7. The quantitative estimate of drug-likeness (QED) is 0.119. The van der Waals surface area contributed by atoms with Crippen LogP contribution in [0.3, 0.4) is 0 Å². The highest BCUT2D eigenvalue weighted by molar-refractivity contribution is 6.38. The van der Waals surface area contributed by atoms with E-state index in [1.165, 1.54) is 0 Å². The molecule has 2 bridgehead atoms. The summed E-state index contributed by atoms with van der Waals surface area (Å²) in [4.78, 5) is 109. The molecule has 8 atom stereocenters. The largest absolute Gasteiger partial charge is 0.453 e. The standard InChI is InChI=1S/C41H61N7O10/c1-7-14-29(34(49)38(53)43-24(4)25-15-10-8-11-16-25)44-37(52)33-27-19-20-28(21-27)48(33)39(54)31(23(2)3)46-36(51)32(26-17-12-9-13-18-26)47-35(50)30(45-41(56)58-6)22-42-40(55)57-5/h8,10-11,15-16,23-24,26-33H,7,9,12-14,17-22H2,1-6H3,(H,42,55)(H,43,53)(H,44,52)(H,45,56)(H,46,51)(H,47,50)/t24-,27?,28?,29?,30-,31-,32-,33?/m0/s1. The molecule has 1 aromatic carbocycles. The van der Waals surface area contributed by atoms with Gasteiger partial charge in [0.1, 0.15) is 24.2 Å². The molecule has 3 fully saturated rings. The first-order chi connectivity index (χ1) is 27.7. The minimum absolute atomic E-state index is 0.172. The summed E-state index contributed by atoms with van der Waals surface area (Å²) in [6.45, 7) is 6.81. The molecule has 2 aliphatic carbocycles. The fraction of sp³-hybridized carbons (Fsp3) is 0.659. The zero-order valence-electron chi connectivity index (χ0n) is 34.5. The third-order valence-corrected chi connectivity index (χ3v) is 11.6. The average Bonchev–Trinajstić information content (AvgIpc) is 3.85. The number of fused-ring (bicyclic) bond motifs is 2. The fourth-order valence-corrected chi connectivity index (χ4v) is 8.41. The molecule has 1 saturated heterocycles. The van der Waals surface area contributed by atoms with Gasteiger partial charge in [0.2, 0.25) is 29.4 Å². The lowest BCUT2D eigenvalue weighted by molar-refractivity contribution is -0.148. The smallest absolute Gasteiger partial charge is 0.407 e. The number of carbonyl (C=O) groups is 8. The molecule has 4 rings (SSSR count). The zero-order valence-corrected chi connectivity index (χ0v) is 34.5. The Balaban J connectivity index is 1.52. The molecule has 6 N–H and O–H groups in total. The van der Waals surface area contributed by atoms with Crippen molar-refractivity contribution >= 4 is 47.5 Å². The van der Waals surface area contributed by atoms with Gasteiger partial charge in [0.15, 0.2) is 0 Å². The Labute approximate surface area is 340 Å². The number of nitrogens with zero attached hydrogens (tertiary/aromatic N) is 1. The van der Waals surface area contributed by atoms with E-state index in [0.29, 0.717) is 38.5 Å². The van der Waals surface area contributed by atoms with Crippen molar-refractivity contribution in [2.24, 2.45) is 17.8 Å². The molecular weight excluding hydrogens is 750 g/mol. The summed E-state index contributed by atoms with van der Waals surface area (Å²) in [5, 5.41) is 16.0. The Bertz CT molecular complexity index is 1640. The van der Waals surface area contributed by atoms with E-state index in [9.17, 15) is 38.4 Å². The molecule has 17 nitrogen and oxygen atoms in total. The number of likely N-dealkylation sites (tertiary alicyclic amines) is 1. The minimum atomic E-state index is -1.32. The number of benzene rings is 1. The van der Waals surface area contributed by atoms with Crippen molar-refractivity contribution in [2.75, 3.05) is 20.8 Å². The lowest BCUT2D eigenvalue weighted by Gasteiger charge is -2.39. The number of Topliss-reactive ketones (excluding diaryl/α,β-unsaturated/α-hetero) is 1. The van der Waals surface area contributed by atoms with E-state index in [1.807, 2.05) is 37.3 Å². The number of carbonyl (C=O) groups excluding carboxylic acids is 8. The summed E-state index contributed by atoms with van der Waals surface area (Å²) >= 11 is 0. The number of amides is 7. The number of hydrogen-bond acceptors (Lipinski definition) is 10. The molecule has 4 unspecified atom stereocenters. The van der Waals surface area contributed by atoms with Crippen LogP contribution in [-0.4, -0.2) is 109 Å². The highest BCUT2D eigenvalue weighted by Gasteiger charge is 2.53. The maximum absolute atomic E-state index is 14.6. The first kappa shape index (κ1) is 45.5. The van der Waals surface area contributed by atoms with Gasteiger partial charge in [0.25, 0.3) is 5.91 Å². The van der Waals surface area contributed by atoms with Gasteiger partial charge in [-0.1, -0.05) is 76.8 Å². The molecule has 320 valence electrons. The molecule has 0 spiro atoms. The molecule has 7 amide bonds.